The van der Waals surface area contributed by atoms with Gasteiger partial charge in [0.05, 0.1) is 6.10 Å². The molecule has 4 N–H and O–H groups in total. The molecule has 2 saturated carbocycles. The Morgan fingerprint density at radius 3 is 2.59 bits per heavy atom. The first-order valence-electron chi connectivity index (χ1n) is 10.1. The van der Waals surface area contributed by atoms with Crippen LogP contribution in [0.4, 0.5) is 0 Å². The molecular formula is C21H32N2O4. The zero-order valence-corrected chi connectivity index (χ0v) is 16.4. The van der Waals surface area contributed by atoms with Crippen LogP contribution in [0.1, 0.15) is 64.5 Å². The van der Waals surface area contributed by atoms with Gasteiger partial charge in [-0.3, -0.25) is 4.98 Å². The summed E-state index contributed by atoms with van der Waals surface area (Å²) in [6, 6.07) is 2.66. The van der Waals surface area contributed by atoms with Crippen molar-refractivity contribution in [2.75, 3.05) is 0 Å². The van der Waals surface area contributed by atoms with Gasteiger partial charge in [0, 0.05) is 30.4 Å². The summed E-state index contributed by atoms with van der Waals surface area (Å²) in [5.41, 5.74) is 5.08. The fraction of sp³-hybridized carbons (Fsp3) is 0.714. The van der Waals surface area contributed by atoms with Crippen molar-refractivity contribution >= 4 is 5.97 Å². The van der Waals surface area contributed by atoms with E-state index in [1.165, 1.54) is 25.7 Å². The molecule has 2 atom stereocenters. The molecule has 0 bridgehead atoms. The Balaban J connectivity index is 1.65. The van der Waals surface area contributed by atoms with Crippen LogP contribution in [0.5, 0.6) is 5.75 Å². The molecule has 1 heterocycles. The van der Waals surface area contributed by atoms with Gasteiger partial charge in [-0.25, -0.2) is 4.79 Å². The lowest BCUT2D eigenvalue weighted by molar-refractivity contribution is -0.161. The molecule has 6 heteroatoms. The summed E-state index contributed by atoms with van der Waals surface area (Å²) in [6.45, 7) is 3.90. The first-order chi connectivity index (χ1) is 12.7. The van der Waals surface area contributed by atoms with E-state index in [1.807, 2.05) is 13.8 Å². The number of pyridine rings is 1. The van der Waals surface area contributed by atoms with Gasteiger partial charge in [0.1, 0.15) is 5.75 Å². The Hall–Kier alpha value is -1.66. The van der Waals surface area contributed by atoms with Gasteiger partial charge in [-0.1, -0.05) is 13.8 Å². The minimum atomic E-state index is -2.04. The minimum Gasteiger partial charge on any atom is -0.490 e. The predicted molar refractivity (Wildman–Crippen MR) is 103 cm³/mol. The highest BCUT2D eigenvalue weighted by Gasteiger charge is 2.45. The van der Waals surface area contributed by atoms with E-state index < -0.39 is 17.6 Å². The molecule has 0 radical (unpaired) electrons. The van der Waals surface area contributed by atoms with E-state index in [0.29, 0.717) is 23.3 Å². The molecule has 0 saturated heterocycles. The molecule has 3 rings (SSSR count). The third-order valence-electron chi connectivity index (χ3n) is 6.20. The summed E-state index contributed by atoms with van der Waals surface area (Å²) >= 11 is 0. The minimum absolute atomic E-state index is 0.138. The average Bonchev–Trinajstić information content (AvgIpc) is 3.36. The fourth-order valence-corrected chi connectivity index (χ4v) is 4.16. The van der Waals surface area contributed by atoms with Crippen LogP contribution in [-0.2, 0) is 11.2 Å². The summed E-state index contributed by atoms with van der Waals surface area (Å²) in [5.74, 6) is -0.442. The predicted octanol–water partition coefficient (Wildman–Crippen LogP) is 2.91. The van der Waals surface area contributed by atoms with E-state index in [4.69, 9.17) is 10.5 Å². The molecule has 2 aliphatic carbocycles. The molecular weight excluding hydrogens is 344 g/mol. The lowest BCUT2D eigenvalue weighted by Crippen LogP contribution is -2.56. The van der Waals surface area contributed by atoms with E-state index in [-0.39, 0.29) is 18.4 Å². The van der Waals surface area contributed by atoms with Crippen molar-refractivity contribution in [2.45, 2.75) is 83.0 Å². The number of aromatic nitrogens is 1. The first-order valence-corrected chi connectivity index (χ1v) is 10.1. The van der Waals surface area contributed by atoms with E-state index in [2.05, 4.69) is 4.98 Å². The second-order valence-electron chi connectivity index (χ2n) is 8.94. The Morgan fingerprint density at radius 2 is 2.04 bits per heavy atom. The van der Waals surface area contributed by atoms with E-state index in [1.54, 1.807) is 18.3 Å². The van der Waals surface area contributed by atoms with Crippen molar-refractivity contribution in [3.63, 3.8) is 0 Å². The van der Waals surface area contributed by atoms with Gasteiger partial charge in [-0.05, 0) is 62.3 Å². The molecule has 1 aromatic heterocycles. The number of carboxylic acid groups (broad SMARTS) is 1. The Kier molecular flexibility index (Phi) is 5.77. The molecule has 0 aliphatic heterocycles. The molecule has 1 aromatic rings. The van der Waals surface area contributed by atoms with Crippen LogP contribution in [-0.4, -0.2) is 38.9 Å². The van der Waals surface area contributed by atoms with E-state index in [9.17, 15) is 15.0 Å². The molecule has 0 amide bonds. The van der Waals surface area contributed by atoms with Crippen molar-refractivity contribution in [1.29, 1.82) is 0 Å². The average molecular weight is 376 g/mol. The van der Waals surface area contributed by atoms with Gasteiger partial charge in [0.15, 0.2) is 5.60 Å². The third kappa shape index (κ3) is 4.79. The summed E-state index contributed by atoms with van der Waals surface area (Å²) in [5, 5.41) is 20.3. The Labute approximate surface area is 161 Å². The molecule has 2 aliphatic rings. The molecule has 6 nitrogen and oxygen atoms in total. The van der Waals surface area contributed by atoms with Gasteiger partial charge in [0.2, 0.25) is 0 Å². The van der Waals surface area contributed by atoms with Crippen LogP contribution in [0.15, 0.2) is 18.3 Å². The Bertz CT molecular complexity index is 664. The Morgan fingerprint density at radius 1 is 1.37 bits per heavy atom. The first kappa shape index (κ1) is 20.1. The highest BCUT2D eigenvalue weighted by molar-refractivity contribution is 5.78. The summed E-state index contributed by atoms with van der Waals surface area (Å²) in [4.78, 5) is 16.0. The van der Waals surface area contributed by atoms with Crippen molar-refractivity contribution in [3.05, 3.63) is 24.0 Å². The molecule has 150 valence electrons. The lowest BCUT2D eigenvalue weighted by atomic mass is 9.84. The zero-order valence-electron chi connectivity index (χ0n) is 16.4. The maximum atomic E-state index is 11.7. The second kappa shape index (κ2) is 7.76. The number of rotatable bonds is 8. The number of hydrogen-bond donors (Lipinski definition) is 3. The quantitative estimate of drug-likeness (QED) is 0.644. The van der Waals surface area contributed by atoms with Crippen LogP contribution in [0.2, 0.25) is 0 Å². The SMILES string of the molecule is CC(C)CC(N)C(O)(Cc1cc(OC2CCC3(CC2)CC3)ccn1)C(=O)O. The van der Waals surface area contributed by atoms with Crippen molar-refractivity contribution in [1.82, 2.24) is 4.98 Å². The smallest absolute Gasteiger partial charge is 0.337 e. The van der Waals surface area contributed by atoms with Crippen LogP contribution in [0.25, 0.3) is 0 Å². The molecule has 0 aromatic carbocycles. The molecule has 27 heavy (non-hydrogen) atoms. The van der Waals surface area contributed by atoms with Crippen LogP contribution >= 0.6 is 0 Å². The van der Waals surface area contributed by atoms with Crippen LogP contribution in [0, 0.1) is 11.3 Å². The van der Waals surface area contributed by atoms with E-state index in [0.717, 1.165) is 12.8 Å². The normalized spacial score (nSPS) is 22.4. The topological polar surface area (TPSA) is 106 Å². The second-order valence-corrected chi connectivity index (χ2v) is 8.94. The number of aliphatic hydroxyl groups is 1. The summed E-state index contributed by atoms with van der Waals surface area (Å²) in [6.07, 6.45) is 9.42. The summed E-state index contributed by atoms with van der Waals surface area (Å²) in [7, 11) is 0. The van der Waals surface area contributed by atoms with E-state index >= 15 is 0 Å². The van der Waals surface area contributed by atoms with Gasteiger partial charge in [-0.15, -0.1) is 0 Å². The fourth-order valence-electron chi connectivity index (χ4n) is 4.16. The largest absolute Gasteiger partial charge is 0.490 e. The number of carboxylic acids is 1. The highest BCUT2D eigenvalue weighted by atomic mass is 16.5. The summed E-state index contributed by atoms with van der Waals surface area (Å²) < 4.78 is 6.12. The standard InChI is InChI=1S/C21H32N2O4/c1-14(2)11-18(22)21(26,19(24)25)13-15-12-17(5-10-23-15)27-16-3-6-20(7-4-16)8-9-20/h5,10,12,14,16,18,26H,3-4,6-9,11,13,22H2,1-2H3,(H,24,25). The van der Waals surface area contributed by atoms with Crippen molar-refractivity contribution in [3.8, 4) is 5.75 Å². The number of hydrogen-bond acceptors (Lipinski definition) is 5. The van der Waals surface area contributed by atoms with Crippen LogP contribution in [0.3, 0.4) is 0 Å². The van der Waals surface area contributed by atoms with Gasteiger partial charge in [0.25, 0.3) is 0 Å². The molecule has 2 unspecified atom stereocenters. The van der Waals surface area contributed by atoms with Gasteiger partial charge in [-0.2, -0.15) is 0 Å². The van der Waals surface area contributed by atoms with Crippen molar-refractivity contribution in [2.24, 2.45) is 17.1 Å². The third-order valence-corrected chi connectivity index (χ3v) is 6.20. The number of aliphatic carboxylic acids is 1. The number of carbonyl (C=O) groups is 1. The number of nitrogens with zero attached hydrogens (tertiary/aromatic N) is 1. The molecule has 2 fully saturated rings. The van der Waals surface area contributed by atoms with Crippen molar-refractivity contribution < 1.29 is 19.7 Å². The zero-order chi connectivity index (χ0) is 19.7. The molecule has 1 spiro atoms. The van der Waals surface area contributed by atoms with Gasteiger partial charge >= 0.3 is 5.97 Å². The highest BCUT2D eigenvalue weighted by Crippen LogP contribution is 2.56. The number of ether oxygens (including phenoxy) is 1. The van der Waals surface area contributed by atoms with Crippen LogP contribution < -0.4 is 10.5 Å². The van der Waals surface area contributed by atoms with Gasteiger partial charge < -0.3 is 20.7 Å². The number of nitrogens with two attached hydrogens (primary N) is 1. The monoisotopic (exact) mass is 376 g/mol. The maximum absolute atomic E-state index is 11.7. The lowest BCUT2D eigenvalue weighted by Gasteiger charge is -2.31. The maximum Gasteiger partial charge on any atom is 0.337 e.